The molecule has 0 saturated heterocycles. The second-order valence-corrected chi connectivity index (χ2v) is 1.98. The van der Waals surface area contributed by atoms with Crippen molar-refractivity contribution < 1.29 is 25.6 Å². The maximum atomic E-state index is 11.9. The van der Waals surface area contributed by atoms with Crippen molar-refractivity contribution in [2.45, 2.75) is 6.18 Å². The van der Waals surface area contributed by atoms with Gasteiger partial charge in [-0.05, 0) is 0 Å². The number of hydrogen-bond donors (Lipinski definition) is 0. The zero-order valence-electron chi connectivity index (χ0n) is 6.77. The second-order valence-electron chi connectivity index (χ2n) is 1.98. The van der Waals surface area contributed by atoms with E-state index in [0.29, 0.717) is 12.1 Å². The fourth-order valence-corrected chi connectivity index (χ4v) is 0.614. The van der Waals surface area contributed by atoms with Gasteiger partial charge in [0.15, 0.2) is 0 Å². The molecular formula is C7H2ClF3MgN2. The quantitative estimate of drug-likeness (QED) is 0.398. The van der Waals surface area contributed by atoms with E-state index in [9.17, 15) is 13.2 Å². The number of aromatic nitrogens is 1. The van der Waals surface area contributed by atoms with Crippen LogP contribution in [0.4, 0.5) is 13.2 Å². The zero-order chi connectivity index (χ0) is 9.19. The predicted octanol–water partition coefficient (Wildman–Crippen LogP) is -1.60. The van der Waals surface area contributed by atoms with Gasteiger partial charge in [-0.25, -0.2) is 5.26 Å². The van der Waals surface area contributed by atoms with E-state index in [1.165, 1.54) is 6.07 Å². The number of alkyl halides is 3. The van der Waals surface area contributed by atoms with Gasteiger partial charge in [0.25, 0.3) is 0 Å². The SMILES string of the molecule is N#Cc1cc(C(F)(F)F)c[c-]n1.[Cl-].[Mg+2]. The summed E-state index contributed by atoms with van der Waals surface area (Å²) in [6.07, 6.45) is -2.44. The van der Waals surface area contributed by atoms with Crippen molar-refractivity contribution in [1.82, 2.24) is 4.98 Å². The van der Waals surface area contributed by atoms with Crippen molar-refractivity contribution in [3.8, 4) is 6.07 Å². The Morgan fingerprint density at radius 2 is 2.00 bits per heavy atom. The molecule has 0 aliphatic rings. The molecule has 0 aromatic carbocycles. The van der Waals surface area contributed by atoms with E-state index in [1.54, 1.807) is 0 Å². The Labute approximate surface area is 101 Å². The molecule has 0 atom stereocenters. The molecule has 1 aromatic heterocycles. The first kappa shape index (κ1) is 15.9. The molecular weight excluding hydrogens is 229 g/mol. The first-order valence-corrected chi connectivity index (χ1v) is 2.89. The monoisotopic (exact) mass is 230 g/mol. The van der Waals surface area contributed by atoms with Crippen molar-refractivity contribution in [2.75, 3.05) is 0 Å². The van der Waals surface area contributed by atoms with Crippen LogP contribution in [0.1, 0.15) is 11.3 Å². The molecule has 1 heterocycles. The van der Waals surface area contributed by atoms with Crippen LogP contribution >= 0.6 is 0 Å². The third-order valence-electron chi connectivity index (χ3n) is 1.14. The number of hydrogen-bond acceptors (Lipinski definition) is 2. The summed E-state index contributed by atoms with van der Waals surface area (Å²) in [7, 11) is 0. The van der Waals surface area contributed by atoms with Crippen LogP contribution in [0.2, 0.25) is 0 Å². The van der Waals surface area contributed by atoms with Crippen molar-refractivity contribution in [3.05, 3.63) is 29.6 Å². The molecule has 0 fully saturated rings. The van der Waals surface area contributed by atoms with E-state index in [2.05, 4.69) is 4.98 Å². The summed E-state index contributed by atoms with van der Waals surface area (Å²) < 4.78 is 35.8. The Morgan fingerprint density at radius 3 is 2.43 bits per heavy atom. The van der Waals surface area contributed by atoms with Gasteiger partial charge in [-0.15, -0.1) is 12.1 Å². The average Bonchev–Trinajstić information content (AvgIpc) is 2.03. The summed E-state index contributed by atoms with van der Waals surface area (Å²) in [6, 6.07) is 2.87. The van der Waals surface area contributed by atoms with Gasteiger partial charge in [0.1, 0.15) is 0 Å². The van der Waals surface area contributed by atoms with E-state index in [0.717, 1.165) is 0 Å². The van der Waals surface area contributed by atoms with Crippen LogP contribution in [0.3, 0.4) is 0 Å². The van der Waals surface area contributed by atoms with Crippen LogP contribution in [-0.2, 0) is 6.18 Å². The fourth-order valence-electron chi connectivity index (χ4n) is 0.614. The van der Waals surface area contributed by atoms with Gasteiger partial charge in [-0.3, -0.25) is 0 Å². The van der Waals surface area contributed by atoms with Crippen LogP contribution in [-0.4, -0.2) is 28.0 Å². The minimum Gasteiger partial charge on any atom is -1.00 e. The third kappa shape index (κ3) is 4.13. The van der Waals surface area contributed by atoms with Crippen LogP contribution in [0.5, 0.6) is 0 Å². The molecule has 70 valence electrons. The van der Waals surface area contributed by atoms with Crippen molar-refractivity contribution in [3.63, 3.8) is 0 Å². The van der Waals surface area contributed by atoms with Gasteiger partial charge >= 0.3 is 29.2 Å². The fraction of sp³-hybridized carbons (Fsp3) is 0.143. The molecule has 0 radical (unpaired) electrons. The minimum absolute atomic E-state index is 0. The molecule has 0 N–H and O–H groups in total. The maximum absolute atomic E-state index is 11.9. The first-order valence-electron chi connectivity index (χ1n) is 2.89. The van der Waals surface area contributed by atoms with E-state index >= 15 is 0 Å². The van der Waals surface area contributed by atoms with E-state index in [-0.39, 0.29) is 41.2 Å². The smallest absolute Gasteiger partial charge is 1.00 e. The van der Waals surface area contributed by atoms with Crippen LogP contribution < -0.4 is 12.4 Å². The summed E-state index contributed by atoms with van der Waals surface area (Å²) in [4.78, 5) is 3.29. The summed E-state index contributed by atoms with van der Waals surface area (Å²) in [5, 5.41) is 8.23. The number of pyridine rings is 1. The summed E-state index contributed by atoms with van der Waals surface area (Å²) in [6.45, 7) is 0. The van der Waals surface area contributed by atoms with Crippen molar-refractivity contribution in [1.29, 1.82) is 5.26 Å². The molecule has 0 amide bonds. The molecule has 0 aliphatic heterocycles. The van der Waals surface area contributed by atoms with Crippen molar-refractivity contribution >= 4 is 23.1 Å². The third-order valence-corrected chi connectivity index (χ3v) is 1.14. The van der Waals surface area contributed by atoms with Gasteiger partial charge in [0.05, 0.1) is 6.07 Å². The molecule has 0 unspecified atom stereocenters. The molecule has 0 bridgehead atoms. The molecule has 1 rings (SSSR count). The Balaban J connectivity index is 0. The van der Waals surface area contributed by atoms with Gasteiger partial charge in [0.2, 0.25) is 0 Å². The predicted molar refractivity (Wildman–Crippen MR) is 38.5 cm³/mol. The average molecular weight is 231 g/mol. The number of nitriles is 1. The normalized spacial score (nSPS) is 9.29. The minimum atomic E-state index is -4.44. The van der Waals surface area contributed by atoms with Gasteiger partial charge < -0.3 is 17.4 Å². The molecule has 0 spiro atoms. The van der Waals surface area contributed by atoms with Gasteiger partial charge in [-0.2, -0.15) is 13.2 Å². The molecule has 1 aromatic rings. The molecule has 7 heteroatoms. The topological polar surface area (TPSA) is 36.7 Å². The Morgan fingerprint density at radius 1 is 1.43 bits per heavy atom. The summed E-state index contributed by atoms with van der Waals surface area (Å²) in [5.74, 6) is 0. The molecule has 2 nitrogen and oxygen atoms in total. The van der Waals surface area contributed by atoms with Crippen molar-refractivity contribution in [2.24, 2.45) is 0 Å². The summed E-state index contributed by atoms with van der Waals surface area (Å²) in [5.41, 5.74) is -1.20. The van der Waals surface area contributed by atoms with Crippen LogP contribution in [0, 0.1) is 17.5 Å². The Kier molecular flexibility index (Phi) is 6.90. The number of rotatable bonds is 0. The summed E-state index contributed by atoms with van der Waals surface area (Å²) >= 11 is 0. The Bertz CT molecular complexity index is 334. The van der Waals surface area contributed by atoms with E-state index in [4.69, 9.17) is 5.26 Å². The zero-order valence-corrected chi connectivity index (χ0v) is 8.94. The van der Waals surface area contributed by atoms with Gasteiger partial charge in [0, 0.05) is 5.69 Å². The molecule has 0 aliphatic carbocycles. The maximum Gasteiger partial charge on any atom is 2.00 e. The molecule has 14 heavy (non-hydrogen) atoms. The van der Waals surface area contributed by atoms with E-state index in [1.807, 2.05) is 6.20 Å². The van der Waals surface area contributed by atoms with Gasteiger partial charge in [-0.1, -0.05) is 11.8 Å². The largest absolute Gasteiger partial charge is 2.00 e. The van der Waals surface area contributed by atoms with E-state index < -0.39 is 11.7 Å². The second kappa shape index (κ2) is 6.06. The Hall–Kier alpha value is -0.514. The number of nitrogens with zero attached hydrogens (tertiary/aromatic N) is 2. The van der Waals surface area contributed by atoms with Crippen LogP contribution in [0.15, 0.2) is 12.1 Å². The molecule has 0 saturated carbocycles. The first-order chi connectivity index (χ1) is 5.54. The standard InChI is InChI=1S/C7H2F3N2.ClH.Mg/c8-7(9,10)5-1-2-12-6(3-5)4-11;;/h1,3H;1H;/q-1;;+2/p-1. The number of halogens is 4. The van der Waals surface area contributed by atoms with Crippen LogP contribution in [0.25, 0.3) is 0 Å².